The third-order valence-electron chi connectivity index (χ3n) is 5.76. The highest BCUT2D eigenvalue weighted by molar-refractivity contribution is 6.39. The molecule has 1 unspecified atom stereocenters. The number of carbonyl (C=O) groups excluding carboxylic acids is 1. The van der Waals surface area contributed by atoms with E-state index < -0.39 is 23.7 Å². The quantitative estimate of drug-likeness (QED) is 0.545. The number of nitrogens with one attached hydrogen (secondary N) is 2. The largest absolute Gasteiger partial charge is 0.477 e. The second-order valence-corrected chi connectivity index (χ2v) is 8.32. The van der Waals surface area contributed by atoms with Crippen molar-refractivity contribution in [2.24, 2.45) is 5.73 Å². The standard InChI is InChI=1S/C20H21Cl2N5O3/c21-11-5-4-6-12(22)16(11)26-19-25-14-10-24-13(17(28)29)9-15(14)27(19)20(18(23)30)7-2-1-3-8-20/h4-6,9-10,19,25-26H,1-3,7-8H2,(H2,23,30)(H,28,29). The SMILES string of the molecule is NC(=O)C1(N2c3cc(C(=O)O)ncc3NC2Nc2c(Cl)cccc2Cl)CCCCC1. The Labute approximate surface area is 183 Å². The van der Waals surface area contributed by atoms with Gasteiger partial charge in [0.2, 0.25) is 5.91 Å². The minimum absolute atomic E-state index is 0.118. The second kappa shape index (κ2) is 7.85. The number of hydrogen-bond donors (Lipinski definition) is 4. The monoisotopic (exact) mass is 449 g/mol. The van der Waals surface area contributed by atoms with Gasteiger partial charge in [-0.2, -0.15) is 0 Å². The van der Waals surface area contributed by atoms with Gasteiger partial charge in [-0.05, 0) is 31.0 Å². The van der Waals surface area contributed by atoms with Crippen LogP contribution < -0.4 is 21.3 Å². The fourth-order valence-corrected chi connectivity index (χ4v) is 4.82. The highest BCUT2D eigenvalue weighted by atomic mass is 35.5. The van der Waals surface area contributed by atoms with E-state index in [-0.39, 0.29) is 5.69 Å². The molecule has 1 saturated carbocycles. The van der Waals surface area contributed by atoms with Crippen LogP contribution in [0.15, 0.2) is 30.5 Å². The molecule has 158 valence electrons. The molecule has 0 saturated heterocycles. The summed E-state index contributed by atoms with van der Waals surface area (Å²) in [5, 5.41) is 16.8. The van der Waals surface area contributed by atoms with E-state index in [1.54, 1.807) is 18.2 Å². The van der Waals surface area contributed by atoms with Crippen LogP contribution in [0.25, 0.3) is 0 Å². The Balaban J connectivity index is 1.83. The van der Waals surface area contributed by atoms with Gasteiger partial charge >= 0.3 is 5.97 Å². The van der Waals surface area contributed by atoms with Crippen molar-refractivity contribution in [1.29, 1.82) is 0 Å². The molecule has 1 aliphatic heterocycles. The minimum Gasteiger partial charge on any atom is -0.477 e. The maximum Gasteiger partial charge on any atom is 0.354 e. The summed E-state index contributed by atoms with van der Waals surface area (Å²) in [7, 11) is 0. The van der Waals surface area contributed by atoms with Crippen LogP contribution in [0.1, 0.15) is 42.6 Å². The van der Waals surface area contributed by atoms with Crippen LogP contribution in [0.4, 0.5) is 17.1 Å². The van der Waals surface area contributed by atoms with Gasteiger partial charge in [-0.25, -0.2) is 9.78 Å². The maximum atomic E-state index is 12.8. The average molecular weight is 450 g/mol. The topological polar surface area (TPSA) is 121 Å². The van der Waals surface area contributed by atoms with Gasteiger partial charge in [-0.3, -0.25) is 4.79 Å². The Hall–Kier alpha value is -2.71. The molecule has 2 aliphatic rings. The van der Waals surface area contributed by atoms with Crippen LogP contribution in [0.2, 0.25) is 10.0 Å². The molecule has 1 amide bonds. The van der Waals surface area contributed by atoms with E-state index in [9.17, 15) is 14.7 Å². The number of nitrogens with two attached hydrogens (primary N) is 1. The van der Waals surface area contributed by atoms with Gasteiger partial charge in [0.15, 0.2) is 6.29 Å². The molecule has 1 fully saturated rings. The summed E-state index contributed by atoms with van der Waals surface area (Å²) >= 11 is 12.7. The number of carboxylic acids is 1. The number of carboxylic acid groups (broad SMARTS) is 1. The minimum atomic E-state index is -1.15. The van der Waals surface area contributed by atoms with Gasteiger partial charge < -0.3 is 26.4 Å². The lowest BCUT2D eigenvalue weighted by atomic mass is 9.79. The number of hydrogen-bond acceptors (Lipinski definition) is 6. The summed E-state index contributed by atoms with van der Waals surface area (Å²) in [6, 6.07) is 6.60. The number of amides is 1. The van der Waals surface area contributed by atoms with E-state index in [1.165, 1.54) is 12.3 Å². The van der Waals surface area contributed by atoms with Crippen LogP contribution in [-0.2, 0) is 4.79 Å². The molecule has 2 aromatic rings. The average Bonchev–Trinajstić information content (AvgIpc) is 3.08. The predicted molar refractivity (Wildman–Crippen MR) is 116 cm³/mol. The molecule has 0 spiro atoms. The molecule has 8 nitrogen and oxygen atoms in total. The Bertz CT molecular complexity index is 990. The van der Waals surface area contributed by atoms with Crippen molar-refractivity contribution in [1.82, 2.24) is 4.98 Å². The van der Waals surface area contributed by atoms with Crippen LogP contribution in [0.5, 0.6) is 0 Å². The first-order chi connectivity index (χ1) is 14.3. The highest BCUT2D eigenvalue weighted by Crippen LogP contribution is 2.45. The number of pyridine rings is 1. The van der Waals surface area contributed by atoms with Crippen molar-refractivity contribution in [3.8, 4) is 0 Å². The predicted octanol–water partition coefficient (Wildman–Crippen LogP) is 3.90. The van der Waals surface area contributed by atoms with Gasteiger partial charge in [0.1, 0.15) is 11.2 Å². The van der Waals surface area contributed by atoms with Crippen molar-refractivity contribution < 1.29 is 14.7 Å². The van der Waals surface area contributed by atoms with E-state index in [0.29, 0.717) is 39.9 Å². The molecule has 1 aromatic carbocycles. The maximum absolute atomic E-state index is 12.8. The van der Waals surface area contributed by atoms with Crippen LogP contribution in [0, 0.1) is 0 Å². The van der Waals surface area contributed by atoms with E-state index in [1.807, 2.05) is 4.90 Å². The fourth-order valence-electron chi connectivity index (χ4n) is 4.32. The smallest absolute Gasteiger partial charge is 0.354 e. The summed E-state index contributed by atoms with van der Waals surface area (Å²) in [5.74, 6) is -1.61. The molecule has 1 atom stereocenters. The molecule has 10 heteroatoms. The fraction of sp³-hybridized carbons (Fsp3) is 0.350. The molecule has 5 N–H and O–H groups in total. The Kier molecular flexibility index (Phi) is 5.38. The first-order valence-corrected chi connectivity index (χ1v) is 10.4. The molecule has 2 heterocycles. The number of benzene rings is 1. The zero-order valence-electron chi connectivity index (χ0n) is 16.0. The number of aromatic nitrogens is 1. The molecule has 1 aromatic heterocycles. The van der Waals surface area contributed by atoms with Gasteiger partial charge in [0, 0.05) is 0 Å². The normalized spacial score (nSPS) is 19.7. The highest BCUT2D eigenvalue weighted by Gasteiger charge is 2.50. The first kappa shape index (κ1) is 20.6. The number of primary amides is 1. The van der Waals surface area contributed by atoms with Crippen molar-refractivity contribution in [3.63, 3.8) is 0 Å². The van der Waals surface area contributed by atoms with Gasteiger partial charge in [-0.1, -0.05) is 48.5 Å². The third-order valence-corrected chi connectivity index (χ3v) is 6.39. The number of halogens is 2. The zero-order chi connectivity index (χ0) is 21.5. The summed E-state index contributed by atoms with van der Waals surface area (Å²) in [5.41, 5.74) is 6.46. The molecule has 4 rings (SSSR count). The summed E-state index contributed by atoms with van der Waals surface area (Å²) < 4.78 is 0. The number of rotatable bonds is 5. The first-order valence-electron chi connectivity index (χ1n) is 9.63. The van der Waals surface area contributed by atoms with Crippen molar-refractivity contribution >= 4 is 52.1 Å². The summed E-state index contributed by atoms with van der Waals surface area (Å²) in [6.07, 6.45) is 4.61. The van der Waals surface area contributed by atoms with E-state index >= 15 is 0 Å². The Morgan fingerprint density at radius 3 is 2.50 bits per heavy atom. The van der Waals surface area contributed by atoms with Gasteiger partial charge in [0.05, 0.1) is 33.3 Å². The number of aromatic carboxylic acids is 1. The van der Waals surface area contributed by atoms with E-state index in [0.717, 1.165) is 19.3 Å². The van der Waals surface area contributed by atoms with Crippen molar-refractivity contribution in [3.05, 3.63) is 46.2 Å². The second-order valence-electron chi connectivity index (χ2n) is 7.51. The lowest BCUT2D eigenvalue weighted by Gasteiger charge is -2.46. The molecule has 1 aliphatic carbocycles. The zero-order valence-corrected chi connectivity index (χ0v) is 17.5. The van der Waals surface area contributed by atoms with Crippen LogP contribution in [0.3, 0.4) is 0 Å². The number of fused-ring (bicyclic) bond motifs is 1. The molecular formula is C20H21Cl2N5O3. The van der Waals surface area contributed by atoms with Crippen molar-refractivity contribution in [2.45, 2.75) is 43.9 Å². The van der Waals surface area contributed by atoms with Crippen LogP contribution >= 0.6 is 23.2 Å². The summed E-state index contributed by atoms with van der Waals surface area (Å²) in [6.45, 7) is 0. The van der Waals surface area contributed by atoms with Gasteiger partial charge in [-0.15, -0.1) is 0 Å². The summed E-state index contributed by atoms with van der Waals surface area (Å²) in [4.78, 5) is 30.1. The number of para-hydroxylation sites is 1. The number of nitrogens with zero attached hydrogens (tertiary/aromatic N) is 2. The van der Waals surface area contributed by atoms with E-state index in [2.05, 4.69) is 15.6 Å². The van der Waals surface area contributed by atoms with Gasteiger partial charge in [0.25, 0.3) is 0 Å². The number of carbonyl (C=O) groups is 2. The third kappa shape index (κ3) is 3.40. The van der Waals surface area contributed by atoms with Crippen LogP contribution in [-0.4, -0.2) is 33.8 Å². The lowest BCUT2D eigenvalue weighted by molar-refractivity contribution is -0.124. The Morgan fingerprint density at radius 2 is 1.90 bits per heavy atom. The van der Waals surface area contributed by atoms with Crippen molar-refractivity contribution in [2.75, 3.05) is 15.5 Å². The Morgan fingerprint density at radius 1 is 1.23 bits per heavy atom. The molecule has 0 radical (unpaired) electrons. The van der Waals surface area contributed by atoms with E-state index in [4.69, 9.17) is 28.9 Å². The number of anilines is 3. The molecular weight excluding hydrogens is 429 g/mol. The molecule has 30 heavy (non-hydrogen) atoms. The molecule has 0 bridgehead atoms. The lowest BCUT2D eigenvalue weighted by Crippen LogP contribution is -2.63.